The Kier molecular flexibility index (Phi) is 4.39. The van der Waals surface area contributed by atoms with E-state index in [9.17, 15) is 4.79 Å². The number of nitrogens with zero attached hydrogens (tertiary/aromatic N) is 4. The normalized spacial score (nSPS) is 17.8. The second-order valence-electron chi connectivity index (χ2n) is 6.89. The number of thiophene rings is 1. The molecule has 5 nitrogen and oxygen atoms in total. The van der Waals surface area contributed by atoms with Crippen molar-refractivity contribution < 1.29 is 4.79 Å². The van der Waals surface area contributed by atoms with Crippen molar-refractivity contribution >= 4 is 33.3 Å². The molecule has 0 unspecified atom stereocenters. The number of anilines is 1. The first-order valence-corrected chi connectivity index (χ1v) is 9.80. The maximum atomic E-state index is 12.5. The topological polar surface area (TPSA) is 49.3 Å². The van der Waals surface area contributed by atoms with Crippen LogP contribution in [0, 0.1) is 0 Å². The third-order valence-electron chi connectivity index (χ3n) is 5.17. The van der Waals surface area contributed by atoms with Gasteiger partial charge in [0.15, 0.2) is 0 Å². The molecule has 1 aliphatic carbocycles. The summed E-state index contributed by atoms with van der Waals surface area (Å²) in [5.74, 6) is 1.13. The predicted octanol–water partition coefficient (Wildman–Crippen LogP) is 3.02. The Morgan fingerprint density at radius 2 is 1.96 bits per heavy atom. The quantitative estimate of drug-likeness (QED) is 0.803. The van der Waals surface area contributed by atoms with E-state index in [-0.39, 0.29) is 5.91 Å². The Morgan fingerprint density at radius 3 is 2.79 bits per heavy atom. The zero-order chi connectivity index (χ0) is 16.5. The van der Waals surface area contributed by atoms with Gasteiger partial charge in [0.1, 0.15) is 17.0 Å². The Bertz CT molecular complexity index is 751. The summed E-state index contributed by atoms with van der Waals surface area (Å²) in [5, 5.41) is 1.19. The van der Waals surface area contributed by atoms with E-state index in [1.807, 2.05) is 28.2 Å². The first-order chi connectivity index (χ1) is 11.7. The highest BCUT2D eigenvalue weighted by Gasteiger charge is 2.23. The number of aryl methyl sites for hydroxylation is 2. The number of amides is 1. The van der Waals surface area contributed by atoms with Gasteiger partial charge in [0.25, 0.3) is 0 Å². The summed E-state index contributed by atoms with van der Waals surface area (Å²) < 4.78 is 0. The van der Waals surface area contributed by atoms with Crippen molar-refractivity contribution in [3.05, 3.63) is 16.8 Å². The fourth-order valence-corrected chi connectivity index (χ4v) is 5.11. The van der Waals surface area contributed by atoms with Crippen molar-refractivity contribution in [3.63, 3.8) is 0 Å². The number of aromatic nitrogens is 2. The third-order valence-corrected chi connectivity index (χ3v) is 6.37. The lowest BCUT2D eigenvalue weighted by Crippen LogP contribution is -2.37. The minimum absolute atomic E-state index is 0.211. The van der Waals surface area contributed by atoms with Crippen LogP contribution in [0.1, 0.15) is 42.5 Å². The lowest BCUT2D eigenvalue weighted by Gasteiger charge is -2.22. The van der Waals surface area contributed by atoms with E-state index < -0.39 is 0 Å². The number of likely N-dealkylation sites (tertiary alicyclic amines) is 1. The highest BCUT2D eigenvalue weighted by Crippen LogP contribution is 2.38. The van der Waals surface area contributed by atoms with Crippen molar-refractivity contribution in [2.24, 2.45) is 0 Å². The molecule has 0 spiro atoms. The van der Waals surface area contributed by atoms with Gasteiger partial charge in [-0.2, -0.15) is 0 Å². The zero-order valence-corrected chi connectivity index (χ0v) is 15.1. The summed E-state index contributed by atoms with van der Waals surface area (Å²) in [4.78, 5) is 28.1. The van der Waals surface area contributed by atoms with Gasteiger partial charge in [0.05, 0.1) is 11.9 Å². The van der Waals surface area contributed by atoms with Crippen LogP contribution in [-0.2, 0) is 17.6 Å². The van der Waals surface area contributed by atoms with E-state index in [1.165, 1.54) is 35.1 Å². The molecule has 1 fully saturated rings. The number of rotatable bonds is 3. The monoisotopic (exact) mass is 344 g/mol. The molecule has 0 bridgehead atoms. The van der Waals surface area contributed by atoms with Crippen molar-refractivity contribution in [3.8, 4) is 0 Å². The summed E-state index contributed by atoms with van der Waals surface area (Å²) in [5.41, 5.74) is 1.43. The van der Waals surface area contributed by atoms with Gasteiger partial charge < -0.3 is 9.80 Å². The number of likely N-dealkylation sites (N-methyl/N-ethyl adjacent to an activating group) is 1. The molecule has 0 atom stereocenters. The molecule has 1 amide bonds. The second-order valence-corrected chi connectivity index (χ2v) is 7.97. The molecule has 0 N–H and O–H groups in total. The lowest BCUT2D eigenvalue weighted by molar-refractivity contribution is -0.128. The van der Waals surface area contributed by atoms with Gasteiger partial charge in [-0.25, -0.2) is 9.97 Å². The molecular weight excluding hydrogens is 320 g/mol. The SMILES string of the molecule is CN(CC(=O)N1CCCC1)c1ncnc2sc3c(c12)CCCCC3. The molecular formula is C18H24N4OS. The molecule has 2 aliphatic rings. The fraction of sp³-hybridized carbons (Fsp3) is 0.611. The molecule has 128 valence electrons. The second kappa shape index (κ2) is 6.67. The van der Waals surface area contributed by atoms with Crippen LogP contribution >= 0.6 is 11.3 Å². The molecule has 1 aliphatic heterocycles. The number of fused-ring (bicyclic) bond motifs is 3. The molecule has 24 heavy (non-hydrogen) atoms. The van der Waals surface area contributed by atoms with Crippen molar-refractivity contribution in [1.29, 1.82) is 0 Å². The van der Waals surface area contributed by atoms with Crippen LogP contribution in [0.25, 0.3) is 10.2 Å². The van der Waals surface area contributed by atoms with Crippen LogP contribution in [0.3, 0.4) is 0 Å². The van der Waals surface area contributed by atoms with E-state index in [1.54, 1.807) is 6.33 Å². The summed E-state index contributed by atoms with van der Waals surface area (Å²) in [6, 6.07) is 0. The molecule has 0 radical (unpaired) electrons. The fourth-order valence-electron chi connectivity index (χ4n) is 3.88. The zero-order valence-electron chi connectivity index (χ0n) is 14.3. The smallest absolute Gasteiger partial charge is 0.242 e. The van der Waals surface area contributed by atoms with E-state index in [0.717, 1.165) is 49.4 Å². The highest BCUT2D eigenvalue weighted by molar-refractivity contribution is 7.18. The van der Waals surface area contributed by atoms with Gasteiger partial charge in [-0.3, -0.25) is 4.79 Å². The highest BCUT2D eigenvalue weighted by atomic mass is 32.1. The Morgan fingerprint density at radius 1 is 1.17 bits per heavy atom. The summed E-state index contributed by atoms with van der Waals surface area (Å²) >= 11 is 1.82. The predicted molar refractivity (Wildman–Crippen MR) is 97.8 cm³/mol. The molecule has 3 heterocycles. The molecule has 2 aromatic rings. The number of hydrogen-bond acceptors (Lipinski definition) is 5. The van der Waals surface area contributed by atoms with Gasteiger partial charge in [0, 0.05) is 25.0 Å². The van der Waals surface area contributed by atoms with Gasteiger partial charge in [-0.05, 0) is 44.1 Å². The third kappa shape index (κ3) is 2.88. The van der Waals surface area contributed by atoms with Crippen LogP contribution < -0.4 is 4.90 Å². The minimum Gasteiger partial charge on any atom is -0.350 e. The van der Waals surface area contributed by atoms with Crippen LogP contribution in [0.2, 0.25) is 0 Å². The van der Waals surface area contributed by atoms with Crippen LogP contribution in [0.5, 0.6) is 0 Å². The molecule has 0 aromatic carbocycles. The Labute approximate surface area is 146 Å². The summed E-state index contributed by atoms with van der Waals surface area (Å²) in [6.45, 7) is 2.20. The first-order valence-electron chi connectivity index (χ1n) is 8.98. The Balaban J connectivity index is 1.65. The van der Waals surface area contributed by atoms with Crippen molar-refractivity contribution in [2.45, 2.75) is 44.9 Å². The largest absolute Gasteiger partial charge is 0.350 e. The maximum Gasteiger partial charge on any atom is 0.242 e. The number of carbonyl (C=O) groups excluding carboxylic acids is 1. The summed E-state index contributed by atoms with van der Waals surface area (Å²) in [6.07, 6.45) is 9.99. The van der Waals surface area contributed by atoms with Crippen LogP contribution in [-0.4, -0.2) is 47.5 Å². The molecule has 0 saturated carbocycles. The molecule has 2 aromatic heterocycles. The standard InChI is InChI=1S/C18H24N4OS/c1-21(11-15(23)22-9-5-6-10-22)17-16-13-7-3-2-4-8-14(13)24-18(16)20-12-19-17/h12H,2-11H2,1H3. The van der Waals surface area contributed by atoms with Crippen molar-refractivity contribution in [1.82, 2.24) is 14.9 Å². The Hall–Kier alpha value is -1.69. The van der Waals surface area contributed by atoms with E-state index in [0.29, 0.717) is 6.54 Å². The first kappa shape index (κ1) is 15.8. The van der Waals surface area contributed by atoms with E-state index in [4.69, 9.17) is 0 Å². The minimum atomic E-state index is 0.211. The van der Waals surface area contributed by atoms with Gasteiger partial charge in [0.2, 0.25) is 5.91 Å². The molecule has 6 heteroatoms. The van der Waals surface area contributed by atoms with Crippen LogP contribution in [0.4, 0.5) is 5.82 Å². The average molecular weight is 344 g/mol. The van der Waals surface area contributed by atoms with E-state index >= 15 is 0 Å². The number of carbonyl (C=O) groups is 1. The van der Waals surface area contributed by atoms with Crippen LogP contribution in [0.15, 0.2) is 6.33 Å². The summed E-state index contributed by atoms with van der Waals surface area (Å²) in [7, 11) is 1.98. The maximum absolute atomic E-state index is 12.5. The molecule has 4 rings (SSSR count). The van der Waals surface area contributed by atoms with Crippen molar-refractivity contribution in [2.75, 3.05) is 31.6 Å². The van der Waals surface area contributed by atoms with E-state index in [2.05, 4.69) is 9.97 Å². The molecule has 1 saturated heterocycles. The van der Waals surface area contributed by atoms with Gasteiger partial charge in [-0.15, -0.1) is 11.3 Å². The lowest BCUT2D eigenvalue weighted by atomic mass is 10.1. The van der Waals surface area contributed by atoms with Gasteiger partial charge in [-0.1, -0.05) is 6.42 Å². The van der Waals surface area contributed by atoms with Gasteiger partial charge >= 0.3 is 0 Å². The number of hydrogen-bond donors (Lipinski definition) is 0. The average Bonchev–Trinajstić information content (AvgIpc) is 3.18.